The van der Waals surface area contributed by atoms with Crippen molar-refractivity contribution in [3.05, 3.63) is 35.4 Å². The summed E-state index contributed by atoms with van der Waals surface area (Å²) in [7, 11) is 0. The molecule has 0 radical (unpaired) electrons. The maximum Gasteiger partial charge on any atom is 0.407 e. The lowest BCUT2D eigenvalue weighted by Crippen LogP contribution is -2.40. The van der Waals surface area contributed by atoms with Gasteiger partial charge in [-0.1, -0.05) is 63.8 Å². The first-order valence-corrected chi connectivity index (χ1v) is 10.1. The number of nitrogens with one attached hydrogen (secondary N) is 1. The third kappa shape index (κ3) is 4.99. The van der Waals surface area contributed by atoms with Crippen molar-refractivity contribution < 1.29 is 9.53 Å². The van der Waals surface area contributed by atoms with E-state index in [0.717, 1.165) is 25.2 Å². The second kappa shape index (κ2) is 8.25. The lowest BCUT2D eigenvalue weighted by atomic mass is 9.92. The van der Waals surface area contributed by atoms with Crippen molar-refractivity contribution in [1.82, 2.24) is 5.32 Å². The van der Waals surface area contributed by atoms with Gasteiger partial charge in [0, 0.05) is 0 Å². The van der Waals surface area contributed by atoms with Crippen molar-refractivity contribution in [1.29, 1.82) is 0 Å². The summed E-state index contributed by atoms with van der Waals surface area (Å²) in [6.45, 7) is 5.15. The molecule has 0 unspecified atom stereocenters. The van der Waals surface area contributed by atoms with Crippen LogP contribution in [0.4, 0.5) is 4.79 Å². The summed E-state index contributed by atoms with van der Waals surface area (Å²) >= 11 is 0. The van der Waals surface area contributed by atoms with Gasteiger partial charge < -0.3 is 10.1 Å². The summed E-state index contributed by atoms with van der Waals surface area (Å²) < 4.78 is 5.13. The number of amides is 1. The zero-order valence-electron chi connectivity index (χ0n) is 15.9. The van der Waals surface area contributed by atoms with E-state index in [-0.39, 0.29) is 11.6 Å². The highest BCUT2D eigenvalue weighted by atomic mass is 16.6. The van der Waals surface area contributed by atoms with Gasteiger partial charge in [0.2, 0.25) is 0 Å². The number of hydrogen-bond acceptors (Lipinski definition) is 2. The number of rotatable bonds is 8. The average molecular weight is 344 g/mol. The van der Waals surface area contributed by atoms with Gasteiger partial charge in [-0.15, -0.1) is 0 Å². The Kier molecular flexibility index (Phi) is 6.03. The predicted octanol–water partition coefficient (Wildman–Crippen LogP) is 5.58. The molecular formula is C22H33NO2. The zero-order valence-corrected chi connectivity index (χ0v) is 15.9. The van der Waals surface area contributed by atoms with E-state index in [0.29, 0.717) is 12.5 Å². The largest absolute Gasteiger partial charge is 0.447 e. The van der Waals surface area contributed by atoms with E-state index < -0.39 is 0 Å². The van der Waals surface area contributed by atoms with E-state index in [9.17, 15) is 4.79 Å². The summed E-state index contributed by atoms with van der Waals surface area (Å²) in [6, 6.07) is 9.21. The van der Waals surface area contributed by atoms with Crippen LogP contribution in [0.3, 0.4) is 0 Å². The fourth-order valence-corrected chi connectivity index (χ4v) is 4.34. The lowest BCUT2D eigenvalue weighted by Gasteiger charge is -2.20. The second-order valence-electron chi connectivity index (χ2n) is 8.51. The Morgan fingerprint density at radius 2 is 1.92 bits per heavy atom. The van der Waals surface area contributed by atoms with Gasteiger partial charge in [-0.2, -0.15) is 0 Å². The van der Waals surface area contributed by atoms with E-state index in [1.54, 1.807) is 0 Å². The summed E-state index contributed by atoms with van der Waals surface area (Å²) in [5.41, 5.74) is 2.77. The van der Waals surface area contributed by atoms with Crippen LogP contribution in [0, 0.1) is 5.92 Å². The molecule has 1 N–H and O–H groups in total. The fraction of sp³-hybridized carbons (Fsp3) is 0.682. The van der Waals surface area contributed by atoms with Crippen LogP contribution in [0.2, 0.25) is 0 Å². The van der Waals surface area contributed by atoms with Crippen LogP contribution >= 0.6 is 0 Å². The van der Waals surface area contributed by atoms with Crippen molar-refractivity contribution in [2.75, 3.05) is 6.61 Å². The van der Waals surface area contributed by atoms with E-state index in [4.69, 9.17) is 4.74 Å². The minimum Gasteiger partial charge on any atom is -0.447 e. The van der Waals surface area contributed by atoms with Crippen molar-refractivity contribution in [2.45, 2.75) is 83.1 Å². The summed E-state index contributed by atoms with van der Waals surface area (Å²) in [5, 5.41) is 3.03. The highest BCUT2D eigenvalue weighted by Gasteiger charge is 2.45. The van der Waals surface area contributed by atoms with Gasteiger partial charge in [-0.25, -0.2) is 4.79 Å². The van der Waals surface area contributed by atoms with Crippen LogP contribution in [0.5, 0.6) is 0 Å². The minimum atomic E-state index is -0.246. The van der Waals surface area contributed by atoms with E-state index in [2.05, 4.69) is 43.4 Å². The second-order valence-corrected chi connectivity index (χ2v) is 8.51. The molecular weight excluding hydrogens is 310 g/mol. The SMILES string of the molecule is CC(C)CCCCCCc1ccc([C@@H]2CC[C@]3(COC(=O)N3)C2)cc1. The number of aryl methyl sites for hydroxylation is 1. The monoisotopic (exact) mass is 343 g/mol. The third-order valence-electron chi connectivity index (χ3n) is 5.90. The van der Waals surface area contributed by atoms with Crippen LogP contribution in [0.15, 0.2) is 24.3 Å². The molecule has 2 aliphatic rings. The molecule has 1 spiro atoms. The standard InChI is InChI=1S/C22H33NO2/c1-17(2)7-5-3-4-6-8-18-9-11-19(12-10-18)20-13-14-22(15-20)16-25-21(24)23-22/h9-12,17,20H,3-8,13-16H2,1-2H3,(H,23,24)/t20-,22-/m1/s1. The average Bonchev–Trinajstić information content (AvgIpc) is 3.17. The van der Waals surface area contributed by atoms with E-state index in [1.807, 2.05) is 0 Å². The van der Waals surface area contributed by atoms with Crippen LogP contribution in [-0.2, 0) is 11.2 Å². The first-order chi connectivity index (χ1) is 12.1. The Hall–Kier alpha value is -1.51. The molecule has 2 atom stereocenters. The Morgan fingerprint density at radius 3 is 2.60 bits per heavy atom. The molecule has 2 fully saturated rings. The van der Waals surface area contributed by atoms with E-state index in [1.165, 1.54) is 49.7 Å². The minimum absolute atomic E-state index is 0.101. The Bertz CT molecular complexity index is 566. The lowest BCUT2D eigenvalue weighted by molar-refractivity contribution is 0.172. The maximum atomic E-state index is 11.4. The van der Waals surface area contributed by atoms with Gasteiger partial charge in [-0.3, -0.25) is 0 Å². The summed E-state index contributed by atoms with van der Waals surface area (Å²) in [6.07, 6.45) is 10.9. The molecule has 1 heterocycles. The quantitative estimate of drug-likeness (QED) is 0.626. The fourth-order valence-electron chi connectivity index (χ4n) is 4.34. The molecule has 3 rings (SSSR count). The Balaban J connectivity index is 1.41. The third-order valence-corrected chi connectivity index (χ3v) is 5.90. The van der Waals surface area contributed by atoms with Gasteiger partial charge >= 0.3 is 6.09 Å². The van der Waals surface area contributed by atoms with E-state index >= 15 is 0 Å². The molecule has 1 aromatic rings. The molecule has 0 aromatic heterocycles. The van der Waals surface area contributed by atoms with Crippen molar-refractivity contribution in [2.24, 2.45) is 5.92 Å². The normalized spacial score (nSPS) is 25.6. The highest BCUT2D eigenvalue weighted by molar-refractivity contribution is 5.70. The molecule has 1 saturated carbocycles. The number of ether oxygens (including phenoxy) is 1. The smallest absolute Gasteiger partial charge is 0.407 e. The van der Waals surface area contributed by atoms with Gasteiger partial charge in [0.25, 0.3) is 0 Å². The molecule has 1 aliphatic carbocycles. The number of carbonyl (C=O) groups excluding carboxylic acids is 1. The van der Waals surface area contributed by atoms with Crippen LogP contribution in [0.1, 0.15) is 82.3 Å². The number of hydrogen-bond donors (Lipinski definition) is 1. The van der Waals surface area contributed by atoms with Gasteiger partial charge in [0.05, 0.1) is 5.54 Å². The first-order valence-electron chi connectivity index (χ1n) is 10.1. The molecule has 1 saturated heterocycles. The summed E-state index contributed by atoms with van der Waals surface area (Å²) in [4.78, 5) is 11.4. The first kappa shape index (κ1) is 18.3. The molecule has 138 valence electrons. The van der Waals surface area contributed by atoms with Crippen molar-refractivity contribution in [3.8, 4) is 0 Å². The topological polar surface area (TPSA) is 38.3 Å². The Morgan fingerprint density at radius 1 is 1.16 bits per heavy atom. The van der Waals surface area contributed by atoms with Crippen LogP contribution < -0.4 is 5.32 Å². The van der Waals surface area contributed by atoms with Gasteiger partial charge in [-0.05, 0) is 55.1 Å². The zero-order chi connectivity index (χ0) is 17.7. The molecule has 3 nitrogen and oxygen atoms in total. The summed E-state index contributed by atoms with van der Waals surface area (Å²) in [5.74, 6) is 1.39. The van der Waals surface area contributed by atoms with Gasteiger partial charge in [0.15, 0.2) is 0 Å². The van der Waals surface area contributed by atoms with Crippen molar-refractivity contribution >= 4 is 6.09 Å². The number of carbonyl (C=O) groups is 1. The Labute approximate surface area is 152 Å². The van der Waals surface area contributed by atoms with Gasteiger partial charge in [0.1, 0.15) is 6.61 Å². The molecule has 1 aromatic carbocycles. The molecule has 1 aliphatic heterocycles. The molecule has 1 amide bonds. The molecule has 3 heteroatoms. The number of alkyl carbamates (subject to hydrolysis) is 1. The van der Waals surface area contributed by atoms with Crippen LogP contribution in [0.25, 0.3) is 0 Å². The highest BCUT2D eigenvalue weighted by Crippen LogP contribution is 2.42. The predicted molar refractivity (Wildman–Crippen MR) is 102 cm³/mol. The molecule has 25 heavy (non-hydrogen) atoms. The molecule has 0 bridgehead atoms. The number of cyclic esters (lactones) is 1. The van der Waals surface area contributed by atoms with Crippen molar-refractivity contribution in [3.63, 3.8) is 0 Å². The number of benzene rings is 1. The maximum absolute atomic E-state index is 11.4. The van der Waals surface area contributed by atoms with Crippen LogP contribution in [-0.4, -0.2) is 18.2 Å². The number of unbranched alkanes of at least 4 members (excludes halogenated alkanes) is 3.